The van der Waals surface area contributed by atoms with Crippen LogP contribution in [0.3, 0.4) is 0 Å². The Morgan fingerprint density at radius 2 is 1.93 bits per heavy atom. The topological polar surface area (TPSA) is 82.8 Å². The molecule has 0 amide bonds. The number of aryl methyl sites for hydroxylation is 2. The number of halogens is 3. The number of alkyl halides is 3. The summed E-state index contributed by atoms with van der Waals surface area (Å²) in [5.74, 6) is -0.203. The Morgan fingerprint density at radius 3 is 2.67 bits per heavy atom. The van der Waals surface area contributed by atoms with E-state index in [2.05, 4.69) is 4.98 Å². The fourth-order valence-electron chi connectivity index (χ4n) is 5.11. The fourth-order valence-corrected chi connectivity index (χ4v) is 5.11. The average molecular weight is 555 g/mol. The monoisotopic (exact) mass is 554 g/mol. The highest BCUT2D eigenvalue weighted by atomic mass is 19.4. The summed E-state index contributed by atoms with van der Waals surface area (Å²) in [6.45, 7) is 3.10. The van der Waals surface area contributed by atoms with Gasteiger partial charge in [-0.15, -0.1) is 0 Å². The predicted molar refractivity (Wildman–Crippen MR) is 143 cm³/mol. The summed E-state index contributed by atoms with van der Waals surface area (Å²) in [6.07, 6.45) is -2.96. The Bertz CT molecular complexity index is 1550. The summed E-state index contributed by atoms with van der Waals surface area (Å²) in [7, 11) is 0. The van der Waals surface area contributed by atoms with Crippen LogP contribution in [0.5, 0.6) is 17.5 Å². The average Bonchev–Trinajstić information content (AvgIpc) is 3.47. The summed E-state index contributed by atoms with van der Waals surface area (Å²) in [5, 5.41) is 9.14. The minimum absolute atomic E-state index is 0.0350. The van der Waals surface area contributed by atoms with Crippen molar-refractivity contribution in [3.63, 3.8) is 0 Å². The van der Waals surface area contributed by atoms with Gasteiger partial charge >= 0.3 is 18.2 Å². The number of carboxylic acids is 1. The lowest BCUT2D eigenvalue weighted by Gasteiger charge is -2.15. The molecule has 2 heterocycles. The molecule has 0 fully saturated rings. The molecule has 1 atom stereocenters. The summed E-state index contributed by atoms with van der Waals surface area (Å²) in [5.41, 5.74) is 5.77. The molecular formula is C30H29F3N2O5. The molecule has 210 valence electrons. The van der Waals surface area contributed by atoms with Crippen LogP contribution >= 0.6 is 0 Å². The van der Waals surface area contributed by atoms with E-state index in [-0.39, 0.29) is 24.1 Å². The maximum absolute atomic E-state index is 12.8. The van der Waals surface area contributed by atoms with Crippen LogP contribution in [0, 0.1) is 6.92 Å². The highest BCUT2D eigenvalue weighted by Gasteiger charge is 2.30. The van der Waals surface area contributed by atoms with E-state index in [9.17, 15) is 18.0 Å². The smallest absolute Gasteiger partial charge is 0.422 e. The summed E-state index contributed by atoms with van der Waals surface area (Å²) in [6, 6.07) is 17.0. The van der Waals surface area contributed by atoms with Gasteiger partial charge in [0, 0.05) is 11.5 Å². The van der Waals surface area contributed by atoms with E-state index in [1.54, 1.807) is 12.1 Å². The van der Waals surface area contributed by atoms with Crippen molar-refractivity contribution in [2.24, 2.45) is 0 Å². The van der Waals surface area contributed by atoms with Crippen molar-refractivity contribution in [2.75, 3.05) is 19.8 Å². The van der Waals surface area contributed by atoms with Crippen molar-refractivity contribution in [3.8, 4) is 23.2 Å². The summed E-state index contributed by atoms with van der Waals surface area (Å²) >= 11 is 0. The molecule has 0 radical (unpaired) electrons. The first-order valence-electron chi connectivity index (χ1n) is 13.0. The van der Waals surface area contributed by atoms with Crippen LogP contribution < -0.4 is 14.2 Å². The van der Waals surface area contributed by atoms with Gasteiger partial charge in [-0.1, -0.05) is 30.3 Å². The minimum Gasteiger partial charge on any atom is -0.493 e. The number of carboxylic acid groups (broad SMARTS) is 1. The van der Waals surface area contributed by atoms with E-state index in [4.69, 9.17) is 19.3 Å². The number of imidazole rings is 1. The van der Waals surface area contributed by atoms with Gasteiger partial charge in [0.15, 0.2) is 6.61 Å². The molecule has 1 aliphatic heterocycles. The molecule has 4 aromatic rings. The van der Waals surface area contributed by atoms with Crippen molar-refractivity contribution in [2.45, 2.75) is 45.2 Å². The van der Waals surface area contributed by atoms with Crippen molar-refractivity contribution in [1.82, 2.24) is 9.55 Å². The molecule has 0 bridgehead atoms. The number of benzene rings is 3. The first-order valence-corrected chi connectivity index (χ1v) is 13.0. The van der Waals surface area contributed by atoms with E-state index < -0.39 is 18.8 Å². The Kier molecular flexibility index (Phi) is 7.60. The van der Waals surface area contributed by atoms with Gasteiger partial charge in [0.1, 0.15) is 17.0 Å². The highest BCUT2D eigenvalue weighted by Crippen LogP contribution is 2.37. The Balaban J connectivity index is 1.43. The number of nitrogens with zero attached hydrogens (tertiary/aromatic N) is 2. The second-order valence-electron chi connectivity index (χ2n) is 9.73. The zero-order valence-corrected chi connectivity index (χ0v) is 22.1. The van der Waals surface area contributed by atoms with Gasteiger partial charge in [-0.05, 0) is 67.6 Å². The molecule has 1 aromatic heterocycles. The quantitative estimate of drug-likeness (QED) is 0.244. The maximum atomic E-state index is 12.8. The van der Waals surface area contributed by atoms with Crippen LogP contribution in [0.15, 0.2) is 54.6 Å². The lowest BCUT2D eigenvalue weighted by atomic mass is 9.94. The van der Waals surface area contributed by atoms with E-state index >= 15 is 0 Å². The zero-order valence-electron chi connectivity index (χ0n) is 22.1. The van der Waals surface area contributed by atoms with Crippen LogP contribution in [0.1, 0.15) is 41.5 Å². The van der Waals surface area contributed by atoms with Gasteiger partial charge in [-0.2, -0.15) is 18.2 Å². The van der Waals surface area contributed by atoms with E-state index in [0.29, 0.717) is 24.2 Å². The first-order chi connectivity index (χ1) is 19.1. The van der Waals surface area contributed by atoms with Crippen molar-refractivity contribution in [1.29, 1.82) is 0 Å². The molecule has 0 unspecified atom stereocenters. The van der Waals surface area contributed by atoms with Gasteiger partial charge in [0.05, 0.1) is 30.8 Å². The second-order valence-corrected chi connectivity index (χ2v) is 9.73. The van der Waals surface area contributed by atoms with Crippen molar-refractivity contribution >= 4 is 17.0 Å². The molecule has 3 aromatic carbocycles. The number of aromatic nitrogens is 2. The zero-order chi connectivity index (χ0) is 28.4. The highest BCUT2D eigenvalue weighted by molar-refractivity contribution is 5.85. The molecule has 0 saturated carbocycles. The SMILES string of the molecule is CCOc1nc2c(OCC(F)(F)F)cccc2n1-c1cccc(CCc2ccc3c(c2)OC[C@H]3CC(=O)O)c1C. The van der Waals surface area contributed by atoms with Crippen molar-refractivity contribution in [3.05, 3.63) is 76.9 Å². The van der Waals surface area contributed by atoms with E-state index in [1.165, 1.54) is 6.07 Å². The maximum Gasteiger partial charge on any atom is 0.422 e. The van der Waals surface area contributed by atoms with Gasteiger partial charge in [-0.25, -0.2) is 0 Å². The Hall–Kier alpha value is -4.21. The Morgan fingerprint density at radius 1 is 1.12 bits per heavy atom. The number of fused-ring (bicyclic) bond motifs is 2. The predicted octanol–water partition coefficient (Wildman–Crippen LogP) is 6.41. The molecule has 7 nitrogen and oxygen atoms in total. The summed E-state index contributed by atoms with van der Waals surface area (Å²) < 4.78 is 56.9. The van der Waals surface area contributed by atoms with Crippen LogP contribution in [-0.4, -0.2) is 46.6 Å². The molecular weight excluding hydrogens is 525 g/mol. The lowest BCUT2D eigenvalue weighted by molar-refractivity contribution is -0.153. The number of ether oxygens (including phenoxy) is 3. The van der Waals surface area contributed by atoms with Gasteiger partial charge < -0.3 is 19.3 Å². The standard InChI is InChI=1S/C30H29F3N2O5/c1-3-38-29-34-28-24(8-5-9-25(28)40-17-30(31,32)33)35(29)23-7-4-6-20(18(23)2)12-10-19-11-13-22-21(15-27(36)37)16-39-26(22)14-19/h4-9,11,13-14,21H,3,10,12,15-17H2,1-2H3,(H,36,37)/t21-/m1/s1. The first kappa shape index (κ1) is 27.4. The fraction of sp³-hybridized carbons (Fsp3) is 0.333. The number of hydrogen-bond donors (Lipinski definition) is 1. The van der Waals surface area contributed by atoms with Crippen LogP contribution in [0.25, 0.3) is 16.7 Å². The number of aliphatic carboxylic acids is 1. The third-order valence-corrected chi connectivity index (χ3v) is 7.00. The van der Waals surface area contributed by atoms with Crippen LogP contribution in [-0.2, 0) is 17.6 Å². The summed E-state index contributed by atoms with van der Waals surface area (Å²) in [4.78, 5) is 15.6. The van der Waals surface area contributed by atoms with Gasteiger partial charge in [-0.3, -0.25) is 9.36 Å². The third kappa shape index (κ3) is 5.71. The number of rotatable bonds is 10. The number of carbonyl (C=O) groups is 1. The normalized spacial score (nSPS) is 14.7. The van der Waals surface area contributed by atoms with Crippen LogP contribution in [0.4, 0.5) is 13.2 Å². The van der Waals surface area contributed by atoms with E-state index in [1.807, 2.05) is 54.8 Å². The minimum atomic E-state index is -4.47. The molecule has 5 rings (SSSR count). The molecule has 0 aliphatic carbocycles. The number of para-hydroxylation sites is 1. The van der Waals surface area contributed by atoms with Crippen molar-refractivity contribution < 1.29 is 37.3 Å². The van der Waals surface area contributed by atoms with E-state index in [0.717, 1.165) is 46.5 Å². The third-order valence-electron chi connectivity index (χ3n) is 7.00. The number of hydrogen-bond acceptors (Lipinski definition) is 5. The molecule has 1 N–H and O–H groups in total. The molecule has 40 heavy (non-hydrogen) atoms. The molecule has 10 heteroatoms. The lowest BCUT2D eigenvalue weighted by Crippen LogP contribution is -2.19. The largest absolute Gasteiger partial charge is 0.493 e. The second kappa shape index (κ2) is 11.1. The molecule has 0 saturated heterocycles. The molecule has 0 spiro atoms. The Labute approximate surface area is 229 Å². The molecule has 1 aliphatic rings. The van der Waals surface area contributed by atoms with Crippen LogP contribution in [0.2, 0.25) is 0 Å². The van der Waals surface area contributed by atoms with Gasteiger partial charge in [0.25, 0.3) is 0 Å². The van der Waals surface area contributed by atoms with Gasteiger partial charge in [0.2, 0.25) is 0 Å².